The molecule has 0 atom stereocenters. The van der Waals surface area contributed by atoms with Gasteiger partial charge in [0.25, 0.3) is 0 Å². The predicted molar refractivity (Wildman–Crippen MR) is 94.5 cm³/mol. The molecule has 0 aliphatic heterocycles. The number of aliphatic carboxylic acids is 1. The number of fused-ring (bicyclic) bond motifs is 1. The van der Waals surface area contributed by atoms with E-state index in [0.29, 0.717) is 22.3 Å². The molecule has 27 heavy (non-hydrogen) atoms. The zero-order valence-corrected chi connectivity index (χ0v) is 14.1. The fraction of sp³-hybridized carbons (Fsp3) is 0.100. The van der Waals surface area contributed by atoms with Crippen molar-refractivity contribution in [1.82, 2.24) is 0 Å². The predicted octanol–water partition coefficient (Wildman–Crippen LogP) is 3.26. The molecule has 132 valence electrons. The summed E-state index contributed by atoms with van der Waals surface area (Å²) in [7, 11) is 0. The normalized spacial score (nSPS) is 10.2. The van der Waals surface area contributed by atoms with Gasteiger partial charge >= 0.3 is 11.6 Å². The largest absolute Gasteiger partial charge is 0.481 e. The van der Waals surface area contributed by atoms with Crippen molar-refractivity contribution in [2.24, 2.45) is 0 Å². The minimum absolute atomic E-state index is 0.0978. The highest BCUT2D eigenvalue weighted by molar-refractivity contribution is 5.88. The number of hydrogen-bond donors (Lipinski definition) is 1. The Balaban J connectivity index is 2.15. The van der Waals surface area contributed by atoms with Crippen LogP contribution in [0.25, 0.3) is 11.0 Å². The zero-order valence-electron chi connectivity index (χ0n) is 14.1. The van der Waals surface area contributed by atoms with Crippen molar-refractivity contribution in [1.29, 1.82) is 10.5 Å². The van der Waals surface area contributed by atoms with E-state index in [1.807, 2.05) is 12.1 Å². The fourth-order valence-corrected chi connectivity index (χ4v) is 2.77. The van der Waals surface area contributed by atoms with Crippen LogP contribution in [-0.2, 0) is 11.2 Å². The van der Waals surface area contributed by atoms with Crippen molar-refractivity contribution in [3.63, 3.8) is 0 Å². The van der Waals surface area contributed by atoms with Gasteiger partial charge < -0.3 is 14.3 Å². The number of nitrogens with zero attached hydrogens (tertiary/aromatic N) is 2. The van der Waals surface area contributed by atoms with Crippen LogP contribution >= 0.6 is 0 Å². The van der Waals surface area contributed by atoms with E-state index in [-0.39, 0.29) is 28.9 Å². The first kappa shape index (κ1) is 17.7. The molecule has 7 heteroatoms. The Morgan fingerprint density at radius 1 is 1.19 bits per heavy atom. The first-order valence-corrected chi connectivity index (χ1v) is 7.83. The van der Waals surface area contributed by atoms with Crippen LogP contribution in [0.15, 0.2) is 45.6 Å². The third kappa shape index (κ3) is 3.35. The van der Waals surface area contributed by atoms with Gasteiger partial charge in [-0.2, -0.15) is 10.5 Å². The number of carboxylic acid groups (broad SMARTS) is 1. The topological polar surface area (TPSA) is 124 Å². The molecule has 0 bridgehead atoms. The van der Waals surface area contributed by atoms with E-state index in [1.165, 1.54) is 6.07 Å². The van der Waals surface area contributed by atoms with Crippen LogP contribution in [0.4, 0.5) is 0 Å². The second-order valence-corrected chi connectivity index (χ2v) is 5.73. The van der Waals surface area contributed by atoms with Crippen molar-refractivity contribution in [3.8, 4) is 23.6 Å². The highest BCUT2D eigenvalue weighted by atomic mass is 16.5. The van der Waals surface area contributed by atoms with Gasteiger partial charge in [-0.3, -0.25) is 4.79 Å². The molecule has 2 aromatic carbocycles. The molecule has 0 unspecified atom stereocenters. The SMILES string of the molecule is Cc1c(Oc2cccc(C#N)c2C#N)ccc2c(CC(=O)O)cc(=O)oc12. The van der Waals surface area contributed by atoms with Gasteiger partial charge in [0, 0.05) is 17.0 Å². The molecule has 1 N–H and O–H groups in total. The van der Waals surface area contributed by atoms with Gasteiger partial charge in [0.05, 0.1) is 12.0 Å². The van der Waals surface area contributed by atoms with Crippen LogP contribution in [0.5, 0.6) is 11.5 Å². The number of hydrogen-bond acceptors (Lipinski definition) is 6. The third-order valence-electron chi connectivity index (χ3n) is 4.02. The minimum Gasteiger partial charge on any atom is -0.481 e. The number of ether oxygens (including phenoxy) is 1. The Hall–Kier alpha value is -4.10. The molecule has 0 aliphatic carbocycles. The molecule has 0 aliphatic rings. The molecule has 0 saturated carbocycles. The Kier molecular flexibility index (Phi) is 4.61. The van der Waals surface area contributed by atoms with Crippen LogP contribution < -0.4 is 10.4 Å². The number of rotatable bonds is 4. The summed E-state index contributed by atoms with van der Waals surface area (Å²) in [5.74, 6) is -0.542. The molecule has 0 amide bonds. The number of carbonyl (C=O) groups is 1. The molecule has 0 radical (unpaired) electrons. The van der Waals surface area contributed by atoms with Crippen molar-refractivity contribution < 1.29 is 19.1 Å². The maximum absolute atomic E-state index is 11.8. The van der Waals surface area contributed by atoms with E-state index in [1.54, 1.807) is 31.2 Å². The summed E-state index contributed by atoms with van der Waals surface area (Å²) < 4.78 is 11.0. The third-order valence-corrected chi connectivity index (χ3v) is 4.02. The zero-order chi connectivity index (χ0) is 19.6. The molecule has 0 saturated heterocycles. The Morgan fingerprint density at radius 2 is 1.96 bits per heavy atom. The average molecular weight is 360 g/mol. The lowest BCUT2D eigenvalue weighted by atomic mass is 10.0. The Labute approximate surface area is 153 Å². The van der Waals surface area contributed by atoms with E-state index in [4.69, 9.17) is 19.5 Å². The van der Waals surface area contributed by atoms with Crippen LogP contribution in [0.2, 0.25) is 0 Å². The van der Waals surface area contributed by atoms with E-state index in [9.17, 15) is 14.9 Å². The van der Waals surface area contributed by atoms with Gasteiger partial charge in [0.2, 0.25) is 0 Å². The summed E-state index contributed by atoms with van der Waals surface area (Å²) in [4.78, 5) is 22.8. The fourth-order valence-electron chi connectivity index (χ4n) is 2.77. The van der Waals surface area contributed by atoms with Crippen molar-refractivity contribution in [2.75, 3.05) is 0 Å². The van der Waals surface area contributed by atoms with E-state index in [0.717, 1.165) is 6.07 Å². The lowest BCUT2D eigenvalue weighted by Crippen LogP contribution is -2.07. The lowest BCUT2D eigenvalue weighted by Gasteiger charge is -2.13. The second kappa shape index (κ2) is 7.03. The van der Waals surface area contributed by atoms with Crippen LogP contribution in [0.3, 0.4) is 0 Å². The van der Waals surface area contributed by atoms with Gasteiger partial charge in [-0.05, 0) is 36.8 Å². The summed E-state index contributed by atoms with van der Waals surface area (Å²) in [6, 6.07) is 12.9. The van der Waals surface area contributed by atoms with Crippen molar-refractivity contribution in [3.05, 3.63) is 69.1 Å². The smallest absolute Gasteiger partial charge is 0.336 e. The standard InChI is InChI=1S/C20H12N2O5/c1-11-16(26-17-4-2-3-12(9-21)15(17)10-22)6-5-14-13(7-18(23)24)8-19(25)27-20(11)14/h2-6,8H,7H2,1H3,(H,23,24). The summed E-state index contributed by atoms with van der Waals surface area (Å²) in [5, 5.41) is 27.9. The molecule has 3 aromatic rings. The van der Waals surface area contributed by atoms with Crippen LogP contribution in [0.1, 0.15) is 22.3 Å². The summed E-state index contributed by atoms with van der Waals surface area (Å²) >= 11 is 0. The molecule has 1 aromatic heterocycles. The molecule has 0 spiro atoms. The maximum Gasteiger partial charge on any atom is 0.336 e. The summed E-state index contributed by atoms with van der Waals surface area (Å²) in [6.45, 7) is 1.66. The molecule has 0 fully saturated rings. The molecule has 1 heterocycles. The Bertz CT molecular complexity index is 1210. The first-order chi connectivity index (χ1) is 12.9. The number of aryl methyl sites for hydroxylation is 1. The Morgan fingerprint density at radius 3 is 2.63 bits per heavy atom. The maximum atomic E-state index is 11.8. The van der Waals surface area contributed by atoms with Gasteiger partial charge in [-0.1, -0.05) is 6.07 Å². The number of benzene rings is 2. The van der Waals surface area contributed by atoms with Gasteiger partial charge in [0.1, 0.15) is 34.8 Å². The van der Waals surface area contributed by atoms with Crippen LogP contribution in [0, 0.1) is 29.6 Å². The number of carboxylic acids is 1. The molecular formula is C20H12N2O5. The summed E-state index contributed by atoms with van der Waals surface area (Å²) in [6.07, 6.45) is -0.315. The average Bonchev–Trinajstić information content (AvgIpc) is 2.63. The molecule has 7 nitrogen and oxygen atoms in total. The van der Waals surface area contributed by atoms with Crippen LogP contribution in [-0.4, -0.2) is 11.1 Å². The van der Waals surface area contributed by atoms with E-state index in [2.05, 4.69) is 0 Å². The van der Waals surface area contributed by atoms with Gasteiger partial charge in [-0.25, -0.2) is 4.79 Å². The monoisotopic (exact) mass is 360 g/mol. The van der Waals surface area contributed by atoms with Gasteiger partial charge in [0.15, 0.2) is 0 Å². The van der Waals surface area contributed by atoms with Crippen molar-refractivity contribution in [2.45, 2.75) is 13.3 Å². The quantitative estimate of drug-likeness (QED) is 0.708. The highest BCUT2D eigenvalue weighted by Gasteiger charge is 2.16. The van der Waals surface area contributed by atoms with E-state index >= 15 is 0 Å². The lowest BCUT2D eigenvalue weighted by molar-refractivity contribution is -0.136. The first-order valence-electron chi connectivity index (χ1n) is 7.83. The molecular weight excluding hydrogens is 348 g/mol. The van der Waals surface area contributed by atoms with Gasteiger partial charge in [-0.15, -0.1) is 0 Å². The molecule has 3 rings (SSSR count). The van der Waals surface area contributed by atoms with Crippen molar-refractivity contribution >= 4 is 16.9 Å². The second-order valence-electron chi connectivity index (χ2n) is 5.73. The highest BCUT2D eigenvalue weighted by Crippen LogP contribution is 2.33. The summed E-state index contributed by atoms with van der Waals surface area (Å²) in [5.41, 5.74) is 0.648. The minimum atomic E-state index is -1.06. The van der Waals surface area contributed by atoms with E-state index < -0.39 is 11.6 Å². The number of nitriles is 2.